The van der Waals surface area contributed by atoms with Gasteiger partial charge in [0.1, 0.15) is 12.0 Å². The molecule has 0 aromatic carbocycles. The van der Waals surface area contributed by atoms with E-state index < -0.39 is 0 Å². The SMILES string of the molecule is O=C(CCl)N1CCCC(Oc2ncc(Br)cn2)C1. The van der Waals surface area contributed by atoms with Gasteiger partial charge in [-0.25, -0.2) is 9.97 Å². The number of carbonyl (C=O) groups excluding carboxylic acids is 1. The van der Waals surface area contributed by atoms with Crippen molar-refractivity contribution in [2.24, 2.45) is 0 Å². The monoisotopic (exact) mass is 333 g/mol. The summed E-state index contributed by atoms with van der Waals surface area (Å²) < 4.78 is 6.46. The molecule has 1 saturated heterocycles. The first-order valence-electron chi connectivity index (χ1n) is 5.67. The number of hydrogen-bond acceptors (Lipinski definition) is 4. The van der Waals surface area contributed by atoms with E-state index in [-0.39, 0.29) is 17.9 Å². The molecule has 2 heterocycles. The van der Waals surface area contributed by atoms with Crippen molar-refractivity contribution in [3.8, 4) is 6.01 Å². The minimum atomic E-state index is -0.0629. The predicted molar refractivity (Wildman–Crippen MR) is 70.7 cm³/mol. The van der Waals surface area contributed by atoms with Crippen molar-refractivity contribution in [3.63, 3.8) is 0 Å². The Kier molecular flexibility index (Phi) is 4.77. The molecule has 98 valence electrons. The highest BCUT2D eigenvalue weighted by molar-refractivity contribution is 9.10. The Morgan fingerprint density at radius 1 is 1.56 bits per heavy atom. The van der Waals surface area contributed by atoms with Crippen LogP contribution in [0.4, 0.5) is 0 Å². The normalized spacial score (nSPS) is 19.7. The van der Waals surface area contributed by atoms with Crippen molar-refractivity contribution >= 4 is 33.4 Å². The average molecular weight is 335 g/mol. The summed E-state index contributed by atoms with van der Waals surface area (Å²) in [4.78, 5) is 21.3. The van der Waals surface area contributed by atoms with Crippen molar-refractivity contribution in [2.45, 2.75) is 18.9 Å². The van der Waals surface area contributed by atoms with Gasteiger partial charge in [-0.15, -0.1) is 11.6 Å². The molecule has 2 rings (SSSR count). The van der Waals surface area contributed by atoms with Gasteiger partial charge in [0.2, 0.25) is 5.91 Å². The first kappa shape index (κ1) is 13.5. The first-order chi connectivity index (χ1) is 8.69. The summed E-state index contributed by atoms with van der Waals surface area (Å²) in [6, 6.07) is 0.336. The Morgan fingerprint density at radius 2 is 2.28 bits per heavy atom. The molecule has 0 aliphatic carbocycles. The number of halogens is 2. The van der Waals surface area contributed by atoms with Gasteiger partial charge >= 0.3 is 6.01 Å². The van der Waals surface area contributed by atoms with E-state index in [1.807, 2.05) is 0 Å². The molecule has 1 fully saturated rings. The van der Waals surface area contributed by atoms with Gasteiger partial charge in [0.25, 0.3) is 0 Å². The summed E-state index contributed by atoms with van der Waals surface area (Å²) in [6.45, 7) is 1.29. The molecule has 0 radical (unpaired) electrons. The molecular weight excluding hydrogens is 321 g/mol. The lowest BCUT2D eigenvalue weighted by molar-refractivity contribution is -0.131. The fourth-order valence-electron chi connectivity index (χ4n) is 1.86. The minimum Gasteiger partial charge on any atom is -0.458 e. The number of likely N-dealkylation sites (tertiary alicyclic amines) is 1. The topological polar surface area (TPSA) is 55.3 Å². The molecule has 0 saturated carbocycles. The molecule has 1 amide bonds. The summed E-state index contributed by atoms with van der Waals surface area (Å²) in [5, 5.41) is 0. The number of aromatic nitrogens is 2. The second-order valence-electron chi connectivity index (χ2n) is 4.04. The van der Waals surface area contributed by atoms with Crippen molar-refractivity contribution in [1.82, 2.24) is 14.9 Å². The quantitative estimate of drug-likeness (QED) is 0.792. The second kappa shape index (κ2) is 6.33. The number of amides is 1. The van der Waals surface area contributed by atoms with Crippen LogP contribution < -0.4 is 4.74 Å². The van der Waals surface area contributed by atoms with Crippen LogP contribution in [0, 0.1) is 0 Å². The lowest BCUT2D eigenvalue weighted by atomic mass is 10.1. The molecular formula is C11H13BrClN3O2. The number of nitrogens with zero attached hydrogens (tertiary/aromatic N) is 3. The third-order valence-electron chi connectivity index (χ3n) is 2.71. The van der Waals surface area contributed by atoms with E-state index in [2.05, 4.69) is 25.9 Å². The maximum atomic E-state index is 11.5. The van der Waals surface area contributed by atoms with Crippen LogP contribution in [0.15, 0.2) is 16.9 Å². The van der Waals surface area contributed by atoms with Crippen LogP contribution in [-0.2, 0) is 4.79 Å². The van der Waals surface area contributed by atoms with Crippen molar-refractivity contribution in [3.05, 3.63) is 16.9 Å². The van der Waals surface area contributed by atoms with Crippen LogP contribution in [0.1, 0.15) is 12.8 Å². The molecule has 1 atom stereocenters. The molecule has 1 unspecified atom stereocenters. The summed E-state index contributed by atoms with van der Waals surface area (Å²) in [5.41, 5.74) is 0. The molecule has 1 aliphatic rings. The van der Waals surface area contributed by atoms with Crippen LogP contribution in [-0.4, -0.2) is 45.8 Å². The molecule has 0 N–H and O–H groups in total. The van der Waals surface area contributed by atoms with Crippen molar-refractivity contribution < 1.29 is 9.53 Å². The number of hydrogen-bond donors (Lipinski definition) is 0. The number of rotatable bonds is 3. The highest BCUT2D eigenvalue weighted by Gasteiger charge is 2.24. The molecule has 1 aliphatic heterocycles. The highest BCUT2D eigenvalue weighted by Crippen LogP contribution is 2.16. The summed E-state index contributed by atoms with van der Waals surface area (Å²) in [6.07, 6.45) is 5.00. The second-order valence-corrected chi connectivity index (χ2v) is 5.22. The van der Waals surface area contributed by atoms with E-state index in [1.54, 1.807) is 17.3 Å². The van der Waals surface area contributed by atoms with Gasteiger partial charge in [0, 0.05) is 18.9 Å². The van der Waals surface area contributed by atoms with Gasteiger partial charge in [-0.2, -0.15) is 0 Å². The number of piperidine rings is 1. The highest BCUT2D eigenvalue weighted by atomic mass is 79.9. The number of ether oxygens (including phenoxy) is 1. The number of alkyl halides is 1. The van der Waals surface area contributed by atoms with Crippen molar-refractivity contribution in [1.29, 1.82) is 0 Å². The van der Waals surface area contributed by atoms with Gasteiger partial charge in [-0.3, -0.25) is 4.79 Å². The molecule has 7 heteroatoms. The zero-order valence-electron chi connectivity index (χ0n) is 9.68. The fourth-order valence-corrected chi connectivity index (χ4v) is 2.23. The summed E-state index contributed by atoms with van der Waals surface area (Å²) in [7, 11) is 0. The smallest absolute Gasteiger partial charge is 0.316 e. The zero-order valence-corrected chi connectivity index (χ0v) is 12.0. The largest absolute Gasteiger partial charge is 0.458 e. The molecule has 0 spiro atoms. The first-order valence-corrected chi connectivity index (χ1v) is 6.99. The maximum Gasteiger partial charge on any atom is 0.316 e. The average Bonchev–Trinajstić information content (AvgIpc) is 2.41. The maximum absolute atomic E-state index is 11.5. The predicted octanol–water partition coefficient (Wildman–Crippen LogP) is 1.85. The van der Waals surface area contributed by atoms with Gasteiger partial charge in [-0.1, -0.05) is 0 Å². The van der Waals surface area contributed by atoms with Gasteiger partial charge in [0.05, 0.1) is 11.0 Å². The van der Waals surface area contributed by atoms with E-state index in [0.717, 1.165) is 23.9 Å². The Hall–Kier alpha value is -0.880. The molecule has 1 aromatic rings. The van der Waals surface area contributed by atoms with Crippen LogP contribution in [0.5, 0.6) is 6.01 Å². The van der Waals surface area contributed by atoms with Gasteiger partial charge in [-0.05, 0) is 28.8 Å². The Balaban J connectivity index is 1.93. The zero-order chi connectivity index (χ0) is 13.0. The fraction of sp³-hybridized carbons (Fsp3) is 0.545. The third kappa shape index (κ3) is 3.55. The van der Waals surface area contributed by atoms with E-state index in [9.17, 15) is 4.79 Å². The van der Waals surface area contributed by atoms with Crippen LogP contribution in [0.3, 0.4) is 0 Å². The molecule has 18 heavy (non-hydrogen) atoms. The van der Waals surface area contributed by atoms with Crippen LogP contribution >= 0.6 is 27.5 Å². The van der Waals surface area contributed by atoms with Gasteiger partial charge in [0.15, 0.2) is 0 Å². The minimum absolute atomic E-state index is 0.0154. The van der Waals surface area contributed by atoms with Crippen molar-refractivity contribution in [2.75, 3.05) is 19.0 Å². The van der Waals surface area contributed by atoms with Crippen LogP contribution in [0.25, 0.3) is 0 Å². The van der Waals surface area contributed by atoms with E-state index in [4.69, 9.17) is 16.3 Å². The standard InChI is InChI=1S/C11H13BrClN3O2/c12-8-5-14-11(15-6-8)18-9-2-1-3-16(7-9)10(17)4-13/h5-6,9H,1-4,7H2. The Morgan fingerprint density at radius 3 is 2.94 bits per heavy atom. The summed E-state index contributed by atoms with van der Waals surface area (Å²) >= 11 is 8.81. The van der Waals surface area contributed by atoms with Gasteiger partial charge < -0.3 is 9.64 Å². The molecule has 0 bridgehead atoms. The third-order valence-corrected chi connectivity index (χ3v) is 3.35. The lowest BCUT2D eigenvalue weighted by Gasteiger charge is -2.31. The van der Waals surface area contributed by atoms with Crippen LogP contribution in [0.2, 0.25) is 0 Å². The van der Waals surface area contributed by atoms with E-state index >= 15 is 0 Å². The molecule has 1 aromatic heterocycles. The van der Waals surface area contributed by atoms with E-state index in [1.165, 1.54) is 0 Å². The Bertz CT molecular complexity index is 415. The number of carbonyl (C=O) groups is 1. The lowest BCUT2D eigenvalue weighted by Crippen LogP contribution is -2.45. The summed E-state index contributed by atoms with van der Waals surface area (Å²) in [5.74, 6) is -0.0386. The van der Waals surface area contributed by atoms with E-state index in [0.29, 0.717) is 12.6 Å². The molecule has 5 nitrogen and oxygen atoms in total. The Labute approximate surface area is 119 Å².